The highest BCUT2D eigenvalue weighted by atomic mass is 32.2. The van der Waals surface area contributed by atoms with E-state index in [-0.39, 0.29) is 47.5 Å². The van der Waals surface area contributed by atoms with Gasteiger partial charge in [0.2, 0.25) is 16.9 Å². The first-order valence-corrected chi connectivity index (χ1v) is 26.3. The number of thioether (sulfide) groups is 1. The molecule has 0 radical (unpaired) electrons. The number of nitrogens with one attached hydrogen (secondary N) is 2. The standard InChI is InChI=1S/C37H58N7O18P3S/c1-4-5-7-11-24-23(13-14-25(24)45)10-8-6-9-12-28(47)66-18-17-39-27(46)15-16-40-35(50)32(49)37(2,3)20-59-65(56,57)62-64(54,55)58-19-26-31(61-63(51,52)53)30(48)36(60-26)44-22-43-29-33(38)41-21-42-34(29)44/h5,7,9,12,21-24,26,30-32,36,48-49H,4,6,8,10-11,13-20H2,1-3H3,(H,39,46)(H,40,50)(H,54,55)(H,56,57)(H2,38,41,42)(H2,51,52,53)/b7-5-,12-9+/t23?,24-,26+,30?,31-,32-,36+/m0/s1. The number of hydrogen-bond donors (Lipinski definition) is 9. The Balaban J connectivity index is 1.13. The summed E-state index contributed by atoms with van der Waals surface area (Å²) in [5.74, 6) is -0.392. The number of hydrogen-bond acceptors (Lipinski definition) is 19. The zero-order chi connectivity index (χ0) is 48.9. The quantitative estimate of drug-likeness (QED) is 0.0268. The fourth-order valence-electron chi connectivity index (χ4n) is 7.06. The highest BCUT2D eigenvalue weighted by molar-refractivity contribution is 8.14. The molecule has 370 valence electrons. The first-order valence-electron chi connectivity index (χ1n) is 20.8. The number of unbranched alkanes of at least 4 members (excludes halogenated alkanes) is 1. The molecule has 2 fully saturated rings. The molecule has 3 heterocycles. The van der Waals surface area contributed by atoms with Crippen molar-refractivity contribution in [2.45, 2.75) is 103 Å². The molecule has 2 amide bonds. The zero-order valence-electron chi connectivity index (χ0n) is 36.4. The van der Waals surface area contributed by atoms with Gasteiger partial charge in [-0.3, -0.25) is 37.3 Å². The Hall–Kier alpha value is -3.29. The molecule has 1 aliphatic heterocycles. The molecule has 25 nitrogen and oxygen atoms in total. The zero-order valence-corrected chi connectivity index (χ0v) is 39.9. The minimum absolute atomic E-state index is 0.0267. The second-order valence-electron chi connectivity index (χ2n) is 16.1. The van der Waals surface area contributed by atoms with Crippen LogP contribution in [0.3, 0.4) is 0 Å². The molecule has 1 saturated heterocycles. The van der Waals surface area contributed by atoms with Crippen LogP contribution in [0.25, 0.3) is 11.2 Å². The summed E-state index contributed by atoms with van der Waals surface area (Å²) >= 11 is 1.03. The predicted octanol–water partition coefficient (Wildman–Crippen LogP) is 2.34. The molecule has 4 rings (SSSR count). The Kier molecular flexibility index (Phi) is 20.8. The number of rotatable bonds is 27. The number of imidazole rings is 1. The first-order chi connectivity index (χ1) is 30.9. The number of ketones is 1. The van der Waals surface area contributed by atoms with Gasteiger partial charge in [-0.15, -0.1) is 0 Å². The number of phosphoric acid groups is 3. The summed E-state index contributed by atoms with van der Waals surface area (Å²) in [7, 11) is -16.4. The Labute approximate surface area is 384 Å². The molecule has 66 heavy (non-hydrogen) atoms. The van der Waals surface area contributed by atoms with Gasteiger partial charge in [-0.25, -0.2) is 28.6 Å². The molecular weight excluding hydrogens is 955 g/mol. The van der Waals surface area contributed by atoms with Crippen LogP contribution in [0, 0.1) is 17.3 Å². The second kappa shape index (κ2) is 24.8. The number of aliphatic hydroxyl groups is 2. The lowest BCUT2D eigenvalue weighted by Crippen LogP contribution is -2.46. The number of fused-ring (bicyclic) bond motifs is 1. The highest BCUT2D eigenvalue weighted by Crippen LogP contribution is 2.61. The highest BCUT2D eigenvalue weighted by Gasteiger charge is 2.50. The molecule has 2 aliphatic rings. The first kappa shape index (κ1) is 55.3. The number of carbonyl (C=O) groups is 4. The summed E-state index contributed by atoms with van der Waals surface area (Å²) in [5, 5.41) is 26.4. The van der Waals surface area contributed by atoms with Crippen molar-refractivity contribution in [3.63, 3.8) is 0 Å². The number of aliphatic hydroxyl groups excluding tert-OH is 2. The number of allylic oxidation sites excluding steroid dienone is 3. The lowest BCUT2D eigenvalue weighted by atomic mass is 9.87. The Morgan fingerprint density at radius 2 is 1.79 bits per heavy atom. The third-order valence-corrected chi connectivity index (χ3v) is 14.4. The SMILES string of the molecule is CC/C=C\C[C@@H]1C(=O)CCC1CCC/C=C/C(=O)SCCNC(=O)CCNC(=O)[C@H](O)C(C)(C)COP(=O)(O)OP(=O)(O)OC[C@H]1O[C@@H](n2cnc3c(N)ncnc32)C(O)[C@H]1OP(=O)(O)O. The summed E-state index contributed by atoms with van der Waals surface area (Å²) in [6, 6.07) is 0. The van der Waals surface area contributed by atoms with Crippen molar-refractivity contribution < 1.29 is 85.3 Å². The van der Waals surface area contributed by atoms with E-state index in [1.165, 1.54) is 19.9 Å². The topological polar surface area (TPSA) is 381 Å². The lowest BCUT2D eigenvalue weighted by molar-refractivity contribution is -0.137. The maximum absolute atomic E-state index is 12.7. The molecule has 4 unspecified atom stereocenters. The largest absolute Gasteiger partial charge is 0.481 e. The number of amides is 2. The van der Waals surface area contributed by atoms with Gasteiger partial charge in [0.05, 0.1) is 19.5 Å². The number of nitrogens with zero attached hydrogens (tertiary/aromatic N) is 4. The number of aromatic nitrogens is 4. The fourth-order valence-corrected chi connectivity index (χ4v) is 10.5. The number of anilines is 1. The summed E-state index contributed by atoms with van der Waals surface area (Å²) in [4.78, 5) is 101. The number of carbonyl (C=O) groups excluding carboxylic acids is 4. The summed E-state index contributed by atoms with van der Waals surface area (Å²) in [6.45, 7) is 2.48. The molecule has 9 atom stereocenters. The monoisotopic (exact) mass is 1010 g/mol. The van der Waals surface area contributed by atoms with Gasteiger partial charge in [0.25, 0.3) is 0 Å². The van der Waals surface area contributed by atoms with Gasteiger partial charge in [-0.1, -0.05) is 50.8 Å². The average molecular weight is 1010 g/mol. The van der Waals surface area contributed by atoms with Crippen molar-refractivity contribution >= 4 is 74.9 Å². The van der Waals surface area contributed by atoms with Gasteiger partial charge in [-0.05, 0) is 50.5 Å². The van der Waals surface area contributed by atoms with E-state index >= 15 is 0 Å². The van der Waals surface area contributed by atoms with Crippen molar-refractivity contribution in [2.75, 3.05) is 37.8 Å². The summed E-state index contributed by atoms with van der Waals surface area (Å²) in [5.41, 5.74) is 4.25. The summed E-state index contributed by atoms with van der Waals surface area (Å²) < 4.78 is 62.4. The molecule has 1 aliphatic carbocycles. The van der Waals surface area contributed by atoms with E-state index in [0.29, 0.717) is 30.3 Å². The van der Waals surface area contributed by atoms with E-state index < -0.39 is 84.6 Å². The molecular formula is C37H58N7O18P3S. The minimum atomic E-state index is -5.59. The number of nitrogen functional groups attached to an aromatic ring is 1. The van der Waals surface area contributed by atoms with E-state index in [4.69, 9.17) is 19.5 Å². The van der Waals surface area contributed by atoms with Crippen molar-refractivity contribution in [2.24, 2.45) is 17.3 Å². The Bertz CT molecular complexity index is 2210. The van der Waals surface area contributed by atoms with Crippen LogP contribution in [0.15, 0.2) is 37.0 Å². The van der Waals surface area contributed by atoms with Gasteiger partial charge >= 0.3 is 23.5 Å². The number of Topliss-reactive ketones (excluding diaryl/α,β-unsaturated/α-hetero) is 1. The van der Waals surface area contributed by atoms with Crippen molar-refractivity contribution in [1.29, 1.82) is 0 Å². The molecule has 1 saturated carbocycles. The smallest absolute Gasteiger partial charge is 0.386 e. The number of nitrogens with two attached hydrogens (primary N) is 1. The van der Waals surface area contributed by atoms with Crippen LogP contribution in [-0.4, -0.2) is 128 Å². The second-order valence-corrected chi connectivity index (χ2v) is 21.4. The fraction of sp³-hybridized carbons (Fsp3) is 0.649. The van der Waals surface area contributed by atoms with Crippen LogP contribution in [0.1, 0.15) is 78.4 Å². The molecule has 2 aromatic heterocycles. The van der Waals surface area contributed by atoms with Crippen LogP contribution in [0.4, 0.5) is 5.82 Å². The Morgan fingerprint density at radius 3 is 2.50 bits per heavy atom. The van der Waals surface area contributed by atoms with Crippen LogP contribution in [-0.2, 0) is 55.5 Å². The molecule has 0 aromatic carbocycles. The molecule has 0 spiro atoms. The van der Waals surface area contributed by atoms with Crippen LogP contribution < -0.4 is 16.4 Å². The molecule has 2 aromatic rings. The Morgan fingerprint density at radius 1 is 1.06 bits per heavy atom. The van der Waals surface area contributed by atoms with Gasteiger partial charge in [-0.2, -0.15) is 4.31 Å². The average Bonchev–Trinajstić information content (AvgIpc) is 3.91. The van der Waals surface area contributed by atoms with E-state index in [2.05, 4.69) is 53.5 Å². The molecule has 0 bridgehead atoms. The normalized spacial score (nSPS) is 23.9. The van der Waals surface area contributed by atoms with E-state index in [0.717, 1.165) is 61.1 Å². The van der Waals surface area contributed by atoms with Crippen LogP contribution in [0.5, 0.6) is 0 Å². The summed E-state index contributed by atoms with van der Waals surface area (Å²) in [6.07, 6.45) is 6.29. The van der Waals surface area contributed by atoms with Gasteiger partial charge in [0, 0.05) is 43.0 Å². The maximum atomic E-state index is 12.7. The van der Waals surface area contributed by atoms with Crippen molar-refractivity contribution in [3.05, 3.63) is 37.0 Å². The lowest BCUT2D eigenvalue weighted by Gasteiger charge is -2.30. The van der Waals surface area contributed by atoms with Crippen molar-refractivity contribution in [3.8, 4) is 0 Å². The minimum Gasteiger partial charge on any atom is -0.386 e. The predicted molar refractivity (Wildman–Crippen MR) is 235 cm³/mol. The molecule has 29 heteroatoms. The maximum Gasteiger partial charge on any atom is 0.481 e. The van der Waals surface area contributed by atoms with Crippen LogP contribution >= 0.6 is 35.2 Å². The third-order valence-electron chi connectivity index (χ3n) is 10.5. The number of phosphoric ester groups is 3. The third kappa shape index (κ3) is 17.0. The van der Waals surface area contributed by atoms with E-state index in [1.54, 1.807) is 0 Å². The van der Waals surface area contributed by atoms with Gasteiger partial charge in [0.1, 0.15) is 42.0 Å². The van der Waals surface area contributed by atoms with Gasteiger partial charge in [0.15, 0.2) is 17.7 Å². The van der Waals surface area contributed by atoms with Gasteiger partial charge < -0.3 is 50.9 Å². The van der Waals surface area contributed by atoms with E-state index in [1.807, 2.05) is 6.08 Å². The van der Waals surface area contributed by atoms with Crippen molar-refractivity contribution in [1.82, 2.24) is 30.2 Å². The molecule has 10 N–H and O–H groups in total. The van der Waals surface area contributed by atoms with Crippen LogP contribution in [0.2, 0.25) is 0 Å². The van der Waals surface area contributed by atoms with E-state index in [9.17, 15) is 62.7 Å². The number of ether oxygens (including phenoxy) is 1.